The van der Waals surface area contributed by atoms with Crippen molar-refractivity contribution in [2.24, 2.45) is 0 Å². The lowest BCUT2D eigenvalue weighted by Gasteiger charge is -2.26. The van der Waals surface area contributed by atoms with Crippen LogP contribution in [0.15, 0.2) is 53.7 Å². The minimum atomic E-state index is -0.351. The van der Waals surface area contributed by atoms with Gasteiger partial charge in [0, 0.05) is 61.3 Å². The molecule has 0 saturated carbocycles. The number of anilines is 4. The van der Waals surface area contributed by atoms with Gasteiger partial charge >= 0.3 is 0 Å². The van der Waals surface area contributed by atoms with Gasteiger partial charge in [-0.2, -0.15) is 0 Å². The number of amides is 1. The third kappa shape index (κ3) is 7.21. The number of nitrogens with zero attached hydrogens (tertiary/aromatic N) is 6. The van der Waals surface area contributed by atoms with Gasteiger partial charge in [0.25, 0.3) is 5.91 Å². The van der Waals surface area contributed by atoms with E-state index in [1.54, 1.807) is 12.3 Å². The highest BCUT2D eigenvalue weighted by Crippen LogP contribution is 2.30. The number of carbonyl (C=O) groups is 1. The molecule has 1 amide bonds. The Labute approximate surface area is 239 Å². The van der Waals surface area contributed by atoms with E-state index in [9.17, 15) is 4.79 Å². The van der Waals surface area contributed by atoms with Gasteiger partial charge in [-0.05, 0) is 24.6 Å². The molecule has 4 aromatic rings. The van der Waals surface area contributed by atoms with Gasteiger partial charge < -0.3 is 25.2 Å². The molecule has 1 aliphatic heterocycles. The van der Waals surface area contributed by atoms with Crippen LogP contribution >= 0.6 is 0 Å². The molecule has 214 valence electrons. The zero-order chi connectivity index (χ0) is 28.8. The number of nitrogens with one attached hydrogen (secondary N) is 3. The third-order valence-electron chi connectivity index (χ3n) is 6.72. The van der Waals surface area contributed by atoms with Crippen molar-refractivity contribution in [2.45, 2.75) is 33.1 Å². The maximum absolute atomic E-state index is 12.8. The van der Waals surface area contributed by atoms with Gasteiger partial charge in [-0.3, -0.25) is 9.69 Å². The number of aromatic nitrogens is 5. The second kappa shape index (κ2) is 12.4. The van der Waals surface area contributed by atoms with Crippen LogP contribution < -0.4 is 16.0 Å². The van der Waals surface area contributed by atoms with Gasteiger partial charge in [0.2, 0.25) is 0 Å². The first-order chi connectivity index (χ1) is 19.8. The number of aryl methyl sites for hydroxylation is 1. The van der Waals surface area contributed by atoms with E-state index in [2.05, 4.69) is 45.9 Å². The molecule has 1 saturated heterocycles. The van der Waals surface area contributed by atoms with E-state index in [1.807, 2.05) is 52.0 Å². The highest BCUT2D eigenvalue weighted by molar-refractivity contribution is 6.03. The number of ether oxygens (including phenoxy) is 1. The standard InChI is InChI=1S/C29H35N9O3/c1-19-5-6-20(35-28(39)24-14-25(41-37-24)29(2,3)4)13-22(19)36-27-21(16-30-17-34-27)23-15-26(33-18-32-23)31-7-8-38-9-11-40-12-10-38/h5-6,13-18H,7-12H2,1-4H3,(H,35,39)(H,30,34,36)(H,31,32,33). The van der Waals surface area contributed by atoms with E-state index in [0.717, 1.165) is 62.0 Å². The summed E-state index contributed by atoms with van der Waals surface area (Å²) in [5.41, 5.74) is 3.73. The molecule has 3 N–H and O–H groups in total. The Morgan fingerprint density at radius 1 is 1.05 bits per heavy atom. The van der Waals surface area contributed by atoms with Gasteiger partial charge in [-0.1, -0.05) is 32.0 Å². The molecular weight excluding hydrogens is 522 g/mol. The Balaban J connectivity index is 1.29. The summed E-state index contributed by atoms with van der Waals surface area (Å²) in [5, 5.41) is 13.6. The van der Waals surface area contributed by atoms with E-state index in [4.69, 9.17) is 9.26 Å². The molecule has 0 aliphatic carbocycles. The van der Waals surface area contributed by atoms with Crippen molar-refractivity contribution in [3.05, 3.63) is 66.2 Å². The Kier molecular flexibility index (Phi) is 8.50. The van der Waals surface area contributed by atoms with Gasteiger partial charge in [-0.15, -0.1) is 0 Å². The zero-order valence-corrected chi connectivity index (χ0v) is 23.8. The molecule has 0 spiro atoms. The summed E-state index contributed by atoms with van der Waals surface area (Å²) in [5.74, 6) is 1.60. The Morgan fingerprint density at radius 3 is 2.66 bits per heavy atom. The predicted molar refractivity (Wildman–Crippen MR) is 156 cm³/mol. The maximum atomic E-state index is 12.8. The molecule has 3 aromatic heterocycles. The van der Waals surface area contributed by atoms with Crippen LogP contribution in [-0.2, 0) is 10.2 Å². The molecule has 0 atom stereocenters. The summed E-state index contributed by atoms with van der Waals surface area (Å²) in [6, 6.07) is 9.16. The summed E-state index contributed by atoms with van der Waals surface area (Å²) >= 11 is 0. The largest absolute Gasteiger partial charge is 0.379 e. The quantitative estimate of drug-likeness (QED) is 0.271. The Morgan fingerprint density at radius 2 is 1.88 bits per heavy atom. The van der Waals surface area contributed by atoms with Crippen LogP contribution in [0.25, 0.3) is 11.3 Å². The summed E-state index contributed by atoms with van der Waals surface area (Å²) in [7, 11) is 0. The zero-order valence-electron chi connectivity index (χ0n) is 23.8. The van der Waals surface area contributed by atoms with Crippen LogP contribution in [0.5, 0.6) is 0 Å². The summed E-state index contributed by atoms with van der Waals surface area (Å²) < 4.78 is 10.8. The first-order valence-electron chi connectivity index (χ1n) is 13.6. The maximum Gasteiger partial charge on any atom is 0.277 e. The van der Waals surface area contributed by atoms with Gasteiger partial charge in [0.15, 0.2) is 5.69 Å². The second-order valence-corrected chi connectivity index (χ2v) is 10.9. The highest BCUT2D eigenvalue weighted by atomic mass is 16.5. The number of hydrogen-bond donors (Lipinski definition) is 3. The predicted octanol–water partition coefficient (Wildman–Crippen LogP) is 4.27. The average molecular weight is 558 g/mol. The van der Waals surface area contributed by atoms with E-state index in [0.29, 0.717) is 23.0 Å². The number of rotatable bonds is 9. The van der Waals surface area contributed by atoms with Crippen molar-refractivity contribution < 1.29 is 14.1 Å². The smallest absolute Gasteiger partial charge is 0.277 e. The van der Waals surface area contributed by atoms with Crippen molar-refractivity contribution in [3.63, 3.8) is 0 Å². The van der Waals surface area contributed by atoms with E-state index in [-0.39, 0.29) is 17.0 Å². The van der Waals surface area contributed by atoms with Crippen molar-refractivity contribution in [2.75, 3.05) is 55.3 Å². The van der Waals surface area contributed by atoms with Crippen LogP contribution in [0.1, 0.15) is 42.6 Å². The minimum Gasteiger partial charge on any atom is -0.379 e. The molecule has 41 heavy (non-hydrogen) atoms. The molecule has 12 heteroatoms. The molecule has 0 unspecified atom stereocenters. The van der Waals surface area contributed by atoms with Crippen LogP contribution in [0, 0.1) is 6.92 Å². The first-order valence-corrected chi connectivity index (χ1v) is 13.6. The fourth-order valence-electron chi connectivity index (χ4n) is 4.28. The van der Waals surface area contributed by atoms with Crippen LogP contribution in [-0.4, -0.2) is 75.3 Å². The highest BCUT2D eigenvalue weighted by Gasteiger charge is 2.22. The van der Waals surface area contributed by atoms with Crippen LogP contribution in [0.4, 0.5) is 23.0 Å². The van der Waals surface area contributed by atoms with Crippen LogP contribution in [0.2, 0.25) is 0 Å². The lowest BCUT2D eigenvalue weighted by molar-refractivity contribution is 0.0398. The normalized spacial score (nSPS) is 14.0. The van der Waals surface area contributed by atoms with Crippen molar-refractivity contribution in [1.82, 2.24) is 30.0 Å². The molecule has 4 heterocycles. The van der Waals surface area contributed by atoms with E-state index >= 15 is 0 Å². The Bertz CT molecular complexity index is 1490. The number of hydrogen-bond acceptors (Lipinski definition) is 11. The molecule has 0 bridgehead atoms. The van der Waals surface area contributed by atoms with Gasteiger partial charge in [0.1, 0.15) is 30.1 Å². The van der Waals surface area contributed by atoms with Crippen LogP contribution in [0.3, 0.4) is 0 Å². The molecule has 1 aliphatic rings. The molecule has 12 nitrogen and oxygen atoms in total. The molecular formula is C29H35N9O3. The second-order valence-electron chi connectivity index (χ2n) is 10.9. The average Bonchev–Trinajstić information content (AvgIpc) is 3.48. The lowest BCUT2D eigenvalue weighted by Crippen LogP contribution is -2.39. The monoisotopic (exact) mass is 557 g/mol. The van der Waals surface area contributed by atoms with E-state index in [1.165, 1.54) is 12.7 Å². The number of benzene rings is 1. The molecule has 1 fully saturated rings. The first kappa shape index (κ1) is 28.1. The fourth-order valence-corrected chi connectivity index (χ4v) is 4.28. The SMILES string of the molecule is Cc1ccc(NC(=O)c2cc(C(C)(C)C)on2)cc1Nc1ncncc1-c1cc(NCCN2CCOCC2)ncn1. The summed E-state index contributed by atoms with van der Waals surface area (Å²) in [6.07, 6.45) is 4.72. The fraction of sp³-hybridized carbons (Fsp3) is 0.379. The van der Waals surface area contributed by atoms with Crippen molar-refractivity contribution in [3.8, 4) is 11.3 Å². The lowest BCUT2D eigenvalue weighted by atomic mass is 9.93. The molecule has 1 aromatic carbocycles. The Hall–Kier alpha value is -4.42. The minimum absolute atomic E-state index is 0.223. The van der Waals surface area contributed by atoms with E-state index < -0.39 is 0 Å². The van der Waals surface area contributed by atoms with Gasteiger partial charge in [-0.25, -0.2) is 19.9 Å². The number of carbonyl (C=O) groups excluding carboxylic acids is 1. The number of morpholine rings is 1. The molecule has 0 radical (unpaired) electrons. The van der Waals surface area contributed by atoms with Crippen molar-refractivity contribution in [1.29, 1.82) is 0 Å². The third-order valence-corrected chi connectivity index (χ3v) is 6.72. The summed E-state index contributed by atoms with van der Waals surface area (Å²) in [4.78, 5) is 32.8. The van der Waals surface area contributed by atoms with Gasteiger partial charge in [0.05, 0.1) is 24.5 Å². The topological polar surface area (TPSA) is 143 Å². The summed E-state index contributed by atoms with van der Waals surface area (Å²) in [6.45, 7) is 13.1. The van der Waals surface area contributed by atoms with Crippen molar-refractivity contribution >= 4 is 28.9 Å². The molecule has 5 rings (SSSR count).